The van der Waals surface area contributed by atoms with Gasteiger partial charge in [0.1, 0.15) is 5.54 Å². The Morgan fingerprint density at radius 1 is 1.58 bits per heavy atom. The van der Waals surface area contributed by atoms with Gasteiger partial charge in [-0.05, 0) is 13.3 Å². The van der Waals surface area contributed by atoms with Crippen molar-refractivity contribution in [3.05, 3.63) is 16.6 Å². The quantitative estimate of drug-likeness (QED) is 0.743. The molecule has 0 saturated carbocycles. The van der Waals surface area contributed by atoms with Crippen LogP contribution in [0, 0.1) is 0 Å². The van der Waals surface area contributed by atoms with Crippen molar-refractivity contribution in [2.45, 2.75) is 38.6 Å². The largest absolute Gasteiger partial charge is 0.480 e. The highest BCUT2D eigenvalue weighted by molar-refractivity contribution is 7.09. The van der Waals surface area contributed by atoms with Crippen LogP contribution in [-0.2, 0) is 4.79 Å². The van der Waals surface area contributed by atoms with Gasteiger partial charge in [0.25, 0.3) is 0 Å². The van der Waals surface area contributed by atoms with Crippen molar-refractivity contribution >= 4 is 23.3 Å². The Balaban J connectivity index is 2.46. The number of hydrogen-bond donors (Lipinski definition) is 3. The maximum Gasteiger partial charge on any atom is 0.329 e. The van der Waals surface area contributed by atoms with Crippen molar-refractivity contribution in [1.29, 1.82) is 0 Å². The molecule has 0 aliphatic heterocycles. The van der Waals surface area contributed by atoms with Crippen molar-refractivity contribution in [3.63, 3.8) is 0 Å². The van der Waals surface area contributed by atoms with Crippen LogP contribution >= 0.6 is 11.3 Å². The number of nitrogens with one attached hydrogen (secondary N) is 2. The molecular weight excluding hydrogens is 266 g/mol. The first-order valence-corrected chi connectivity index (χ1v) is 6.95. The Kier molecular flexibility index (Phi) is 5.29. The van der Waals surface area contributed by atoms with E-state index in [9.17, 15) is 9.59 Å². The number of carbonyl (C=O) groups is 2. The number of carbonyl (C=O) groups excluding carboxylic acids is 1. The zero-order valence-corrected chi connectivity index (χ0v) is 12.1. The molecule has 3 N–H and O–H groups in total. The van der Waals surface area contributed by atoms with Crippen molar-refractivity contribution in [3.8, 4) is 0 Å². The van der Waals surface area contributed by atoms with Crippen molar-refractivity contribution in [1.82, 2.24) is 15.6 Å². The van der Waals surface area contributed by atoms with Crippen LogP contribution in [0.4, 0.5) is 4.79 Å². The van der Waals surface area contributed by atoms with E-state index < -0.39 is 17.5 Å². The molecule has 1 aromatic rings. The Hall–Kier alpha value is -1.63. The van der Waals surface area contributed by atoms with Gasteiger partial charge in [-0.25, -0.2) is 14.6 Å². The van der Waals surface area contributed by atoms with E-state index in [0.29, 0.717) is 13.0 Å². The normalized spacial score (nSPS) is 15.3. The minimum absolute atomic E-state index is 0.100. The van der Waals surface area contributed by atoms with E-state index >= 15 is 0 Å². The van der Waals surface area contributed by atoms with Crippen molar-refractivity contribution in [2.24, 2.45) is 0 Å². The predicted octanol–water partition coefficient (Wildman–Crippen LogP) is 1.80. The number of carboxylic acid groups (broad SMARTS) is 1. The molecule has 0 radical (unpaired) electrons. The lowest BCUT2D eigenvalue weighted by Gasteiger charge is -2.25. The summed E-state index contributed by atoms with van der Waals surface area (Å²) in [6, 6.07) is -0.477. The molecule has 2 atom stereocenters. The summed E-state index contributed by atoms with van der Waals surface area (Å²) in [4.78, 5) is 26.9. The van der Waals surface area contributed by atoms with Crippen LogP contribution in [-0.4, -0.2) is 34.2 Å². The molecule has 2 amide bonds. The zero-order chi connectivity index (χ0) is 14.5. The zero-order valence-electron chi connectivity index (χ0n) is 11.3. The monoisotopic (exact) mass is 285 g/mol. The molecule has 1 aromatic heterocycles. The second kappa shape index (κ2) is 6.51. The molecular formula is C12H19N3O3S. The first-order chi connectivity index (χ1) is 8.89. The molecule has 0 aliphatic carbocycles. The second-order valence-electron chi connectivity index (χ2n) is 4.60. The minimum atomic E-state index is -1.24. The molecule has 19 heavy (non-hydrogen) atoms. The Morgan fingerprint density at radius 2 is 2.26 bits per heavy atom. The van der Waals surface area contributed by atoms with Gasteiger partial charge in [0.15, 0.2) is 0 Å². The summed E-state index contributed by atoms with van der Waals surface area (Å²) in [5, 5.41) is 17.0. The van der Waals surface area contributed by atoms with E-state index in [-0.39, 0.29) is 5.92 Å². The fourth-order valence-corrected chi connectivity index (χ4v) is 2.10. The molecule has 106 valence electrons. The van der Waals surface area contributed by atoms with Gasteiger partial charge in [0.05, 0.1) is 5.01 Å². The van der Waals surface area contributed by atoms with Crippen LogP contribution in [0.25, 0.3) is 0 Å². The SMILES string of the molecule is CCC(C)(NC(=O)NCC(C)c1nccs1)C(=O)O. The van der Waals surface area contributed by atoms with Crippen LogP contribution in [0.2, 0.25) is 0 Å². The van der Waals surface area contributed by atoms with Gasteiger partial charge in [-0.2, -0.15) is 0 Å². The van der Waals surface area contributed by atoms with Crippen LogP contribution in [0.15, 0.2) is 11.6 Å². The van der Waals surface area contributed by atoms with E-state index in [4.69, 9.17) is 5.11 Å². The predicted molar refractivity (Wildman–Crippen MR) is 73.4 cm³/mol. The summed E-state index contributed by atoms with van der Waals surface area (Å²) in [5.41, 5.74) is -1.24. The minimum Gasteiger partial charge on any atom is -0.480 e. The number of hydrogen-bond acceptors (Lipinski definition) is 4. The molecule has 1 heterocycles. The number of aliphatic carboxylic acids is 1. The summed E-state index contributed by atoms with van der Waals surface area (Å²) in [6.45, 7) is 5.57. The second-order valence-corrected chi connectivity index (χ2v) is 5.52. The van der Waals surface area contributed by atoms with Gasteiger partial charge in [-0.1, -0.05) is 13.8 Å². The van der Waals surface area contributed by atoms with E-state index in [1.807, 2.05) is 12.3 Å². The van der Waals surface area contributed by atoms with Gasteiger partial charge in [-0.3, -0.25) is 0 Å². The summed E-state index contributed by atoms with van der Waals surface area (Å²) < 4.78 is 0. The Morgan fingerprint density at radius 3 is 2.74 bits per heavy atom. The first-order valence-electron chi connectivity index (χ1n) is 6.08. The van der Waals surface area contributed by atoms with Gasteiger partial charge in [0.2, 0.25) is 0 Å². The molecule has 0 aliphatic rings. The highest BCUT2D eigenvalue weighted by Gasteiger charge is 2.32. The average molecular weight is 285 g/mol. The molecule has 6 nitrogen and oxygen atoms in total. The van der Waals surface area contributed by atoms with Gasteiger partial charge < -0.3 is 15.7 Å². The maximum absolute atomic E-state index is 11.7. The highest BCUT2D eigenvalue weighted by Crippen LogP contribution is 2.16. The van der Waals surface area contributed by atoms with Crippen LogP contribution in [0.1, 0.15) is 38.1 Å². The van der Waals surface area contributed by atoms with E-state index in [2.05, 4.69) is 15.6 Å². The number of thiazole rings is 1. The third-order valence-electron chi connectivity index (χ3n) is 3.01. The van der Waals surface area contributed by atoms with Crippen LogP contribution in [0.5, 0.6) is 0 Å². The Labute approximate surface area is 116 Å². The standard InChI is InChI=1S/C12H19N3O3S/c1-4-12(3,10(16)17)15-11(18)14-7-8(2)9-13-5-6-19-9/h5-6,8H,4,7H2,1-3H3,(H,16,17)(H2,14,15,18). The molecule has 0 spiro atoms. The topological polar surface area (TPSA) is 91.3 Å². The summed E-state index contributed by atoms with van der Waals surface area (Å²) in [5.74, 6) is -0.943. The molecule has 0 bridgehead atoms. The Bertz CT molecular complexity index is 435. The summed E-state index contributed by atoms with van der Waals surface area (Å²) in [7, 11) is 0. The third-order valence-corrected chi connectivity index (χ3v) is 4.02. The molecule has 0 fully saturated rings. The highest BCUT2D eigenvalue weighted by atomic mass is 32.1. The van der Waals surface area contributed by atoms with E-state index in [1.54, 1.807) is 13.1 Å². The maximum atomic E-state index is 11.7. The number of carboxylic acids is 1. The lowest BCUT2D eigenvalue weighted by Crippen LogP contribution is -2.55. The number of rotatable bonds is 6. The fourth-order valence-electron chi connectivity index (χ4n) is 1.40. The van der Waals surface area contributed by atoms with Crippen LogP contribution < -0.4 is 10.6 Å². The lowest BCUT2D eigenvalue weighted by atomic mass is 10.00. The average Bonchev–Trinajstić information content (AvgIpc) is 2.89. The summed E-state index contributed by atoms with van der Waals surface area (Å²) >= 11 is 1.53. The van der Waals surface area contributed by atoms with E-state index in [0.717, 1.165) is 5.01 Å². The van der Waals surface area contributed by atoms with Gasteiger partial charge in [0, 0.05) is 24.0 Å². The van der Waals surface area contributed by atoms with Gasteiger partial charge in [-0.15, -0.1) is 11.3 Å². The first kappa shape index (κ1) is 15.4. The fraction of sp³-hybridized carbons (Fsp3) is 0.583. The number of nitrogens with zero attached hydrogens (tertiary/aromatic N) is 1. The van der Waals surface area contributed by atoms with E-state index in [1.165, 1.54) is 18.3 Å². The molecule has 0 saturated heterocycles. The smallest absolute Gasteiger partial charge is 0.329 e. The number of amides is 2. The third kappa shape index (κ3) is 4.20. The number of urea groups is 1. The molecule has 7 heteroatoms. The summed E-state index contributed by atoms with van der Waals surface area (Å²) in [6.07, 6.45) is 2.03. The lowest BCUT2D eigenvalue weighted by molar-refractivity contribution is -0.143. The molecule has 2 unspecified atom stereocenters. The molecule has 0 aromatic carbocycles. The van der Waals surface area contributed by atoms with Crippen molar-refractivity contribution in [2.75, 3.05) is 6.54 Å². The molecule has 1 rings (SSSR count). The van der Waals surface area contributed by atoms with Crippen molar-refractivity contribution < 1.29 is 14.7 Å². The van der Waals surface area contributed by atoms with Crippen LogP contribution in [0.3, 0.4) is 0 Å². The van der Waals surface area contributed by atoms with Gasteiger partial charge >= 0.3 is 12.0 Å². The number of aromatic nitrogens is 1.